The first-order valence-corrected chi connectivity index (χ1v) is 6.14. The summed E-state index contributed by atoms with van der Waals surface area (Å²) in [5, 5.41) is 2.81. The molecule has 0 aliphatic carbocycles. The number of hydrogen-bond donors (Lipinski definition) is 0. The van der Waals surface area contributed by atoms with Crippen LogP contribution in [-0.4, -0.2) is 18.9 Å². The molecule has 0 spiro atoms. The van der Waals surface area contributed by atoms with Crippen molar-refractivity contribution in [3.63, 3.8) is 0 Å². The molecule has 0 fully saturated rings. The van der Waals surface area contributed by atoms with Crippen molar-refractivity contribution in [2.45, 2.75) is 13.8 Å². The van der Waals surface area contributed by atoms with Crippen LogP contribution in [0.25, 0.3) is 0 Å². The summed E-state index contributed by atoms with van der Waals surface area (Å²) >= 11 is 0. The Hall–Kier alpha value is -0.533. The van der Waals surface area contributed by atoms with E-state index in [4.69, 9.17) is 0 Å². The van der Waals surface area contributed by atoms with Crippen LogP contribution >= 0.6 is 8.58 Å². The van der Waals surface area contributed by atoms with Gasteiger partial charge in [-0.05, 0) is 24.5 Å². The number of hydrogen-bond acceptors (Lipinski definition) is 0. The fourth-order valence-electron chi connectivity index (χ4n) is 1.44. The maximum atomic E-state index is 2.22. The van der Waals surface area contributed by atoms with Gasteiger partial charge in [-0.2, -0.15) is 0 Å². The molecule has 0 heterocycles. The summed E-state index contributed by atoms with van der Waals surface area (Å²) in [5.41, 5.74) is 2.65. The van der Waals surface area contributed by atoms with Crippen LogP contribution in [-0.2, 0) is 0 Å². The van der Waals surface area contributed by atoms with Crippen LogP contribution in [0.15, 0.2) is 48.5 Å². The first-order valence-electron chi connectivity index (χ1n) is 5.14. The average Bonchev–Trinajstić information content (AvgIpc) is 2.25. The van der Waals surface area contributed by atoms with E-state index in [1.807, 2.05) is 0 Å². The molecule has 78 valence electrons. The van der Waals surface area contributed by atoms with Gasteiger partial charge in [0.25, 0.3) is 0 Å². The summed E-state index contributed by atoms with van der Waals surface area (Å²) in [6.45, 7) is 4.25. The second kappa shape index (κ2) is 6.26. The SMILES string of the molecule is Cc1ccc(Pc2ccc(C)cc2)cc1.[LiH]. The molecule has 0 saturated carbocycles. The van der Waals surface area contributed by atoms with Crippen molar-refractivity contribution in [3.8, 4) is 0 Å². The third kappa shape index (κ3) is 3.80. The van der Waals surface area contributed by atoms with Gasteiger partial charge in [-0.3, -0.25) is 0 Å². The average molecular weight is 222 g/mol. The van der Waals surface area contributed by atoms with E-state index in [1.165, 1.54) is 21.7 Å². The van der Waals surface area contributed by atoms with Gasteiger partial charge in [-0.1, -0.05) is 68.2 Å². The molecular formula is C14H16LiP. The Bertz CT molecular complexity index is 388. The van der Waals surface area contributed by atoms with Crippen molar-refractivity contribution in [1.82, 2.24) is 0 Å². The van der Waals surface area contributed by atoms with Crippen molar-refractivity contribution in [2.24, 2.45) is 0 Å². The van der Waals surface area contributed by atoms with Gasteiger partial charge < -0.3 is 0 Å². The summed E-state index contributed by atoms with van der Waals surface area (Å²) in [7, 11) is 0.769. The van der Waals surface area contributed by atoms with Crippen LogP contribution in [0.4, 0.5) is 0 Å². The first-order chi connectivity index (χ1) is 7.24. The molecule has 0 aromatic heterocycles. The molecule has 16 heavy (non-hydrogen) atoms. The van der Waals surface area contributed by atoms with E-state index in [2.05, 4.69) is 62.4 Å². The zero-order valence-corrected chi connectivity index (χ0v) is 10.1. The van der Waals surface area contributed by atoms with Crippen LogP contribution < -0.4 is 10.6 Å². The molecule has 0 saturated heterocycles. The predicted octanol–water partition coefficient (Wildman–Crippen LogP) is 2.28. The molecule has 2 rings (SSSR count). The summed E-state index contributed by atoms with van der Waals surface area (Å²) in [6, 6.07) is 17.6. The van der Waals surface area contributed by atoms with Gasteiger partial charge in [-0.25, -0.2) is 0 Å². The van der Waals surface area contributed by atoms with E-state index in [0.29, 0.717) is 0 Å². The predicted molar refractivity (Wildman–Crippen MR) is 77.1 cm³/mol. The third-order valence-electron chi connectivity index (χ3n) is 2.39. The Labute approximate surface area is 111 Å². The minimum absolute atomic E-state index is 0. The molecule has 0 nitrogen and oxygen atoms in total. The van der Waals surface area contributed by atoms with Crippen molar-refractivity contribution < 1.29 is 0 Å². The van der Waals surface area contributed by atoms with Gasteiger partial charge in [0.1, 0.15) is 0 Å². The fraction of sp³-hybridized carbons (Fsp3) is 0.143. The Morgan fingerprint density at radius 3 is 1.25 bits per heavy atom. The van der Waals surface area contributed by atoms with Gasteiger partial charge in [0.2, 0.25) is 0 Å². The second-order valence-corrected chi connectivity index (χ2v) is 5.26. The Morgan fingerprint density at radius 1 is 0.625 bits per heavy atom. The third-order valence-corrected chi connectivity index (χ3v) is 3.64. The summed E-state index contributed by atoms with van der Waals surface area (Å²) in [5.74, 6) is 0. The quantitative estimate of drug-likeness (QED) is 0.540. The Kier molecular flexibility index (Phi) is 5.30. The molecular weight excluding hydrogens is 206 g/mol. The van der Waals surface area contributed by atoms with Crippen molar-refractivity contribution in [1.29, 1.82) is 0 Å². The van der Waals surface area contributed by atoms with Gasteiger partial charge >= 0.3 is 18.9 Å². The molecule has 0 amide bonds. The first kappa shape index (κ1) is 13.5. The van der Waals surface area contributed by atoms with E-state index >= 15 is 0 Å². The molecule has 0 atom stereocenters. The minimum atomic E-state index is 0. The topological polar surface area (TPSA) is 0 Å². The van der Waals surface area contributed by atoms with Crippen LogP contribution in [0.1, 0.15) is 11.1 Å². The fourth-order valence-corrected chi connectivity index (χ4v) is 2.44. The zero-order valence-electron chi connectivity index (χ0n) is 9.12. The van der Waals surface area contributed by atoms with Gasteiger partial charge in [-0.15, -0.1) is 0 Å². The molecule has 0 unspecified atom stereocenters. The molecule has 2 aromatic carbocycles. The monoisotopic (exact) mass is 222 g/mol. The summed E-state index contributed by atoms with van der Waals surface area (Å²) in [4.78, 5) is 0. The Balaban J connectivity index is 0.00000128. The van der Waals surface area contributed by atoms with Gasteiger partial charge in [0, 0.05) is 0 Å². The van der Waals surface area contributed by atoms with Crippen LogP contribution in [0.5, 0.6) is 0 Å². The van der Waals surface area contributed by atoms with Crippen LogP contribution in [0, 0.1) is 13.8 Å². The molecule has 0 N–H and O–H groups in total. The van der Waals surface area contributed by atoms with Crippen LogP contribution in [0.2, 0.25) is 0 Å². The van der Waals surface area contributed by atoms with Crippen LogP contribution in [0.3, 0.4) is 0 Å². The number of aryl methyl sites for hydroxylation is 2. The summed E-state index contributed by atoms with van der Waals surface area (Å²) in [6.07, 6.45) is 0. The standard InChI is InChI=1S/C14H15P.Li.H/c1-11-3-7-13(8-4-11)15-14-9-5-12(2)6-10-14;;/h3-10,15H,1-2H3;;. The maximum absolute atomic E-state index is 2.22. The van der Waals surface area contributed by atoms with E-state index < -0.39 is 0 Å². The molecule has 2 aromatic rings. The normalized spacial score (nSPS) is 9.62. The zero-order chi connectivity index (χ0) is 10.7. The molecule has 0 aliphatic rings. The molecule has 0 aliphatic heterocycles. The number of rotatable bonds is 2. The summed E-state index contributed by atoms with van der Waals surface area (Å²) < 4.78 is 0. The van der Waals surface area contributed by atoms with Crippen molar-refractivity contribution in [2.75, 3.05) is 0 Å². The molecule has 0 radical (unpaired) electrons. The van der Waals surface area contributed by atoms with Crippen molar-refractivity contribution >= 4 is 38.1 Å². The van der Waals surface area contributed by atoms with Gasteiger partial charge in [0.05, 0.1) is 0 Å². The van der Waals surface area contributed by atoms with Crippen molar-refractivity contribution in [3.05, 3.63) is 59.7 Å². The van der Waals surface area contributed by atoms with E-state index in [-0.39, 0.29) is 18.9 Å². The second-order valence-electron chi connectivity index (χ2n) is 3.86. The Morgan fingerprint density at radius 2 is 0.938 bits per heavy atom. The number of benzene rings is 2. The van der Waals surface area contributed by atoms with Gasteiger partial charge in [0.15, 0.2) is 0 Å². The molecule has 2 heteroatoms. The molecule has 0 bridgehead atoms. The van der Waals surface area contributed by atoms with E-state index in [0.717, 1.165) is 8.58 Å². The van der Waals surface area contributed by atoms with E-state index in [1.54, 1.807) is 0 Å². The van der Waals surface area contributed by atoms with E-state index in [9.17, 15) is 0 Å².